The first-order chi connectivity index (χ1) is 4.68. The molecule has 0 spiro atoms. The number of rotatable bonds is 5. The zero-order chi connectivity index (χ0) is 7.98. The topological polar surface area (TPSA) is 89.3 Å². The molecule has 0 saturated heterocycles. The summed E-state index contributed by atoms with van der Waals surface area (Å²) < 4.78 is 0. The molecule has 0 unspecified atom stereocenters. The molecule has 0 saturated carbocycles. The van der Waals surface area contributed by atoms with E-state index in [0.29, 0.717) is 13.0 Å². The maximum atomic E-state index is 10.1. The summed E-state index contributed by atoms with van der Waals surface area (Å²) in [6.07, 6.45) is 2.16. The minimum absolute atomic E-state index is 0.520. The molecule has 5 N–H and O–H groups in total. The molecule has 1 atom stereocenters. The van der Waals surface area contributed by atoms with Crippen LogP contribution in [0.2, 0.25) is 0 Å². The zero-order valence-corrected chi connectivity index (χ0v) is 5.92. The predicted molar refractivity (Wildman–Crippen MR) is 38.5 cm³/mol. The van der Waals surface area contributed by atoms with Crippen molar-refractivity contribution in [2.75, 3.05) is 6.54 Å². The van der Waals surface area contributed by atoms with Crippen molar-refractivity contribution in [2.24, 2.45) is 11.5 Å². The number of unbranched alkanes of at least 4 members (excludes halogenated alkanes) is 1. The van der Waals surface area contributed by atoms with Gasteiger partial charge in [0.25, 0.3) is 0 Å². The minimum Gasteiger partial charge on any atom is -0.480 e. The number of nitrogens with two attached hydrogens (primary N) is 2. The molecule has 60 valence electrons. The summed E-state index contributed by atoms with van der Waals surface area (Å²) in [6.45, 7) is 0.604. The Kier molecular flexibility index (Phi) is 4.88. The van der Waals surface area contributed by atoms with Crippen molar-refractivity contribution in [1.29, 1.82) is 0 Å². The van der Waals surface area contributed by atoms with E-state index < -0.39 is 12.0 Å². The summed E-state index contributed by atoms with van der Waals surface area (Å²) >= 11 is 0. The Bertz CT molecular complexity index is 106. The number of carbonyl (C=O) groups is 1. The van der Waals surface area contributed by atoms with Gasteiger partial charge < -0.3 is 16.6 Å². The normalized spacial score (nSPS) is 13.0. The van der Waals surface area contributed by atoms with E-state index in [1.165, 1.54) is 0 Å². The van der Waals surface area contributed by atoms with Crippen LogP contribution in [-0.2, 0) is 4.79 Å². The van der Waals surface area contributed by atoms with Gasteiger partial charge in [-0.3, -0.25) is 4.79 Å². The molecule has 0 bridgehead atoms. The van der Waals surface area contributed by atoms with Crippen LogP contribution in [0.25, 0.3) is 0 Å². The Morgan fingerprint density at radius 1 is 1.50 bits per heavy atom. The van der Waals surface area contributed by atoms with Crippen molar-refractivity contribution >= 4 is 5.97 Å². The fourth-order valence-electron chi connectivity index (χ4n) is 0.632. The lowest BCUT2D eigenvalue weighted by Crippen LogP contribution is -2.29. The van der Waals surface area contributed by atoms with E-state index in [2.05, 4.69) is 0 Å². The van der Waals surface area contributed by atoms with E-state index in [0.717, 1.165) is 12.8 Å². The van der Waals surface area contributed by atoms with E-state index >= 15 is 0 Å². The number of aliphatic carboxylic acids is 1. The number of carboxylic acids is 1. The Balaban J connectivity index is 3.21. The average molecular weight is 147 g/mol. The van der Waals surface area contributed by atoms with E-state index in [1.807, 2.05) is 0 Å². The second kappa shape index (κ2) is 5.20. The third-order valence-corrected chi connectivity index (χ3v) is 1.29. The number of carboxylic acid groups (broad SMARTS) is 1. The van der Waals surface area contributed by atoms with Crippen LogP contribution in [0.15, 0.2) is 0 Å². The molecular weight excluding hydrogens is 133 g/mol. The van der Waals surface area contributed by atoms with Gasteiger partial charge in [-0.05, 0) is 19.4 Å². The molecule has 0 aliphatic heterocycles. The summed E-state index contributed by atoms with van der Waals surface area (Å²) in [7, 11) is 0. The molecule has 0 amide bonds. The Morgan fingerprint density at radius 3 is 2.50 bits per heavy atom. The standard InChI is InChI=1S/C6H14N2O2/c7-4-2-1-3-5(8)6(9)10/h5H,1-4,7-8H2,(H,9,10)/t5-/m0/s1/i7+1. The monoisotopic (exact) mass is 147 g/mol. The quantitative estimate of drug-likeness (QED) is 0.362. The molecule has 4 nitrogen and oxygen atoms in total. The van der Waals surface area contributed by atoms with E-state index in [-0.39, 0.29) is 0 Å². The minimum atomic E-state index is -0.933. The zero-order valence-electron chi connectivity index (χ0n) is 5.92. The van der Waals surface area contributed by atoms with Crippen LogP contribution in [0.3, 0.4) is 0 Å². The van der Waals surface area contributed by atoms with Crippen molar-refractivity contribution in [2.45, 2.75) is 25.3 Å². The molecule has 0 heterocycles. The van der Waals surface area contributed by atoms with Crippen molar-refractivity contribution in [3.05, 3.63) is 0 Å². The maximum absolute atomic E-state index is 10.1. The third kappa shape index (κ3) is 4.29. The molecule has 0 aliphatic carbocycles. The second-order valence-electron chi connectivity index (χ2n) is 2.23. The first-order valence-electron chi connectivity index (χ1n) is 3.37. The lowest BCUT2D eigenvalue weighted by Gasteiger charge is -2.03. The molecule has 0 fully saturated rings. The van der Waals surface area contributed by atoms with Gasteiger partial charge in [0.1, 0.15) is 6.04 Å². The highest BCUT2D eigenvalue weighted by Crippen LogP contribution is 1.96. The predicted octanol–water partition coefficient (Wildman–Crippen LogP) is -0.473. The summed E-state index contributed by atoms with van der Waals surface area (Å²) in [4.78, 5) is 10.1. The highest BCUT2D eigenvalue weighted by Gasteiger charge is 2.09. The SMILES string of the molecule is N[C@@H](CCCC[15NH2])C(=O)O. The van der Waals surface area contributed by atoms with Gasteiger partial charge in [-0.15, -0.1) is 0 Å². The molecule has 10 heavy (non-hydrogen) atoms. The molecule has 0 aromatic carbocycles. The van der Waals surface area contributed by atoms with Crippen LogP contribution in [-0.4, -0.2) is 23.7 Å². The fraction of sp³-hybridized carbons (Fsp3) is 0.833. The summed E-state index contributed by atoms with van der Waals surface area (Å²) in [6, 6.07) is -0.716. The van der Waals surface area contributed by atoms with Crippen LogP contribution in [0.5, 0.6) is 0 Å². The highest BCUT2D eigenvalue weighted by atomic mass is 16.4. The Labute approximate surface area is 60.2 Å². The summed E-state index contributed by atoms with van der Waals surface area (Å²) in [5, 5.41) is 8.33. The van der Waals surface area contributed by atoms with Gasteiger partial charge in [0.05, 0.1) is 0 Å². The van der Waals surface area contributed by atoms with Gasteiger partial charge in [-0.2, -0.15) is 0 Å². The van der Waals surface area contributed by atoms with Crippen molar-refractivity contribution < 1.29 is 9.90 Å². The van der Waals surface area contributed by atoms with Gasteiger partial charge in [0.15, 0.2) is 0 Å². The van der Waals surface area contributed by atoms with Crippen LogP contribution in [0.4, 0.5) is 0 Å². The van der Waals surface area contributed by atoms with Crippen molar-refractivity contribution in [3.63, 3.8) is 0 Å². The third-order valence-electron chi connectivity index (χ3n) is 1.29. The molecular formula is C6H14N2O2. The largest absolute Gasteiger partial charge is 0.480 e. The summed E-state index contributed by atoms with van der Waals surface area (Å²) in [5.74, 6) is -0.933. The van der Waals surface area contributed by atoms with Crippen LogP contribution in [0.1, 0.15) is 19.3 Å². The van der Waals surface area contributed by atoms with Gasteiger partial charge >= 0.3 is 5.97 Å². The summed E-state index contributed by atoms with van der Waals surface area (Å²) in [5.41, 5.74) is 10.4. The molecule has 0 aromatic heterocycles. The smallest absolute Gasteiger partial charge is 0.320 e. The fourth-order valence-corrected chi connectivity index (χ4v) is 0.632. The van der Waals surface area contributed by atoms with E-state index in [1.54, 1.807) is 0 Å². The van der Waals surface area contributed by atoms with Crippen LogP contribution in [0, 0.1) is 0 Å². The Morgan fingerprint density at radius 2 is 2.10 bits per heavy atom. The number of hydrogen-bond donors (Lipinski definition) is 3. The molecule has 0 aromatic rings. The van der Waals surface area contributed by atoms with Crippen molar-refractivity contribution in [1.82, 2.24) is 0 Å². The first-order valence-corrected chi connectivity index (χ1v) is 3.37. The van der Waals surface area contributed by atoms with Crippen molar-refractivity contribution in [3.8, 4) is 0 Å². The second-order valence-corrected chi connectivity index (χ2v) is 2.23. The maximum Gasteiger partial charge on any atom is 0.320 e. The highest BCUT2D eigenvalue weighted by molar-refractivity contribution is 5.72. The Hall–Kier alpha value is -0.610. The van der Waals surface area contributed by atoms with Gasteiger partial charge in [-0.25, -0.2) is 0 Å². The van der Waals surface area contributed by atoms with E-state index in [4.69, 9.17) is 16.6 Å². The molecule has 4 heteroatoms. The molecule has 0 rings (SSSR count). The van der Waals surface area contributed by atoms with Gasteiger partial charge in [0, 0.05) is 0 Å². The molecule has 0 aliphatic rings. The first kappa shape index (κ1) is 9.39. The van der Waals surface area contributed by atoms with Gasteiger partial charge in [0.2, 0.25) is 0 Å². The van der Waals surface area contributed by atoms with Gasteiger partial charge in [-0.1, -0.05) is 6.42 Å². The average Bonchev–Trinajstić information content (AvgIpc) is 1.88. The van der Waals surface area contributed by atoms with E-state index in [9.17, 15) is 4.79 Å². The van der Waals surface area contributed by atoms with Crippen LogP contribution < -0.4 is 11.5 Å². The molecule has 0 radical (unpaired) electrons. The van der Waals surface area contributed by atoms with Crippen LogP contribution >= 0.6 is 0 Å². The number of hydrogen-bond acceptors (Lipinski definition) is 3. The lowest BCUT2D eigenvalue weighted by atomic mass is 10.1. The lowest BCUT2D eigenvalue weighted by molar-refractivity contribution is -0.138.